The van der Waals surface area contributed by atoms with E-state index in [9.17, 15) is 0 Å². The summed E-state index contributed by atoms with van der Waals surface area (Å²) in [6, 6.07) is 14.0. The second-order valence-electron chi connectivity index (χ2n) is 5.43. The van der Waals surface area contributed by atoms with Gasteiger partial charge >= 0.3 is 0 Å². The van der Waals surface area contributed by atoms with E-state index >= 15 is 0 Å². The van der Waals surface area contributed by atoms with E-state index in [0.717, 1.165) is 17.5 Å². The second-order valence-corrected chi connectivity index (χ2v) is 6.76. The average Bonchev–Trinajstić information content (AvgIpc) is 2.82. The van der Waals surface area contributed by atoms with Gasteiger partial charge in [0.25, 0.3) is 0 Å². The first-order chi connectivity index (χ1) is 9.50. The molecule has 0 heterocycles. The Morgan fingerprint density at radius 3 is 2.35 bits per heavy atom. The maximum atomic E-state index is 6.71. The molecule has 0 fully saturated rings. The Morgan fingerprint density at radius 2 is 1.65 bits per heavy atom. The number of fused-ring (bicyclic) bond motifs is 1. The fraction of sp³-hybridized carbons (Fsp3) is 0.222. The van der Waals surface area contributed by atoms with Crippen LogP contribution in [0.2, 0.25) is 0 Å². The fourth-order valence-corrected chi connectivity index (χ4v) is 3.45. The minimum Gasteiger partial charge on any atom is -0.0909 e. The third kappa shape index (κ3) is 2.17. The van der Waals surface area contributed by atoms with Crippen LogP contribution in [0.1, 0.15) is 34.7 Å². The van der Waals surface area contributed by atoms with E-state index in [1.807, 2.05) is 30.3 Å². The molecule has 2 aromatic carbocycles. The number of halogens is 2. The molecule has 0 bridgehead atoms. The lowest BCUT2D eigenvalue weighted by molar-refractivity contribution is 0.991. The van der Waals surface area contributed by atoms with Gasteiger partial charge in [0.1, 0.15) is 0 Å². The zero-order chi connectivity index (χ0) is 14.3. The largest absolute Gasteiger partial charge is 0.168 e. The molecule has 0 saturated carbocycles. The summed E-state index contributed by atoms with van der Waals surface area (Å²) in [5, 5.41) is 0. The molecular weight excluding hydrogens is 287 g/mol. The van der Waals surface area contributed by atoms with Gasteiger partial charge in [-0.2, -0.15) is 0 Å². The van der Waals surface area contributed by atoms with Gasteiger partial charge < -0.3 is 0 Å². The van der Waals surface area contributed by atoms with Crippen LogP contribution in [-0.2, 0) is 10.8 Å². The third-order valence-corrected chi connectivity index (χ3v) is 4.74. The lowest BCUT2D eigenvalue weighted by Gasteiger charge is -2.24. The monoisotopic (exact) mass is 302 g/mol. The number of aryl methyl sites for hydroxylation is 1. The van der Waals surface area contributed by atoms with Gasteiger partial charge in [-0.05, 0) is 48.1 Å². The predicted molar refractivity (Wildman–Crippen MR) is 87.5 cm³/mol. The molecule has 0 atom stereocenters. The molecule has 0 saturated heterocycles. The SMILES string of the molecule is CC1=Cc2c(C)ccc(C(Cl)(Cl)c3ccccc3)c2C1. The molecule has 0 unspecified atom stereocenters. The molecule has 0 aliphatic heterocycles. The number of hydrogen-bond acceptors (Lipinski definition) is 0. The molecule has 0 amide bonds. The highest BCUT2D eigenvalue weighted by Crippen LogP contribution is 2.45. The van der Waals surface area contributed by atoms with Crippen LogP contribution in [0.15, 0.2) is 48.0 Å². The normalized spacial score (nSPS) is 14.1. The molecule has 0 radical (unpaired) electrons. The van der Waals surface area contributed by atoms with Gasteiger partial charge in [-0.25, -0.2) is 0 Å². The first-order valence-corrected chi connectivity index (χ1v) is 7.49. The van der Waals surface area contributed by atoms with Crippen molar-refractivity contribution in [2.45, 2.75) is 24.6 Å². The zero-order valence-electron chi connectivity index (χ0n) is 11.6. The van der Waals surface area contributed by atoms with Gasteiger partial charge in [-0.15, -0.1) is 0 Å². The molecule has 0 aromatic heterocycles. The van der Waals surface area contributed by atoms with Crippen molar-refractivity contribution in [1.82, 2.24) is 0 Å². The Labute approximate surface area is 130 Å². The van der Waals surface area contributed by atoms with Crippen LogP contribution >= 0.6 is 23.2 Å². The molecule has 0 N–H and O–H groups in total. The lowest BCUT2D eigenvalue weighted by Crippen LogP contribution is -2.15. The topological polar surface area (TPSA) is 0 Å². The summed E-state index contributed by atoms with van der Waals surface area (Å²) in [6.45, 7) is 4.28. The van der Waals surface area contributed by atoms with Crippen LogP contribution < -0.4 is 0 Å². The van der Waals surface area contributed by atoms with Crippen molar-refractivity contribution in [3.05, 3.63) is 75.9 Å². The third-order valence-electron chi connectivity index (χ3n) is 3.90. The van der Waals surface area contributed by atoms with Gasteiger partial charge in [-0.1, -0.05) is 77.3 Å². The smallest absolute Gasteiger partial charge is 0.0909 e. The van der Waals surface area contributed by atoms with E-state index < -0.39 is 4.33 Å². The van der Waals surface area contributed by atoms with Crippen molar-refractivity contribution >= 4 is 29.3 Å². The van der Waals surface area contributed by atoms with Gasteiger partial charge in [-0.3, -0.25) is 0 Å². The Balaban J connectivity index is 2.16. The highest BCUT2D eigenvalue weighted by Gasteiger charge is 2.33. The summed E-state index contributed by atoms with van der Waals surface area (Å²) in [5.74, 6) is 0. The first kappa shape index (κ1) is 13.7. The molecule has 0 spiro atoms. The molecule has 2 heteroatoms. The van der Waals surface area contributed by atoms with E-state index in [2.05, 4.69) is 32.1 Å². The molecule has 20 heavy (non-hydrogen) atoms. The highest BCUT2D eigenvalue weighted by molar-refractivity contribution is 6.50. The van der Waals surface area contributed by atoms with E-state index in [0.29, 0.717) is 0 Å². The summed E-state index contributed by atoms with van der Waals surface area (Å²) in [6.07, 6.45) is 3.17. The molecule has 1 aliphatic rings. The van der Waals surface area contributed by atoms with Gasteiger partial charge in [0.05, 0.1) is 0 Å². The summed E-state index contributed by atoms with van der Waals surface area (Å²) < 4.78 is -1.00. The minimum atomic E-state index is -1.00. The van der Waals surface area contributed by atoms with Crippen molar-refractivity contribution < 1.29 is 0 Å². The molecule has 1 aliphatic carbocycles. The fourth-order valence-electron chi connectivity index (χ4n) is 2.85. The van der Waals surface area contributed by atoms with Crippen LogP contribution in [-0.4, -0.2) is 0 Å². The number of benzene rings is 2. The molecule has 0 nitrogen and oxygen atoms in total. The van der Waals surface area contributed by atoms with E-state index in [1.54, 1.807) is 0 Å². The van der Waals surface area contributed by atoms with Gasteiger partial charge in [0.15, 0.2) is 4.33 Å². The van der Waals surface area contributed by atoms with E-state index in [1.165, 1.54) is 22.3 Å². The van der Waals surface area contributed by atoms with Crippen LogP contribution in [0.4, 0.5) is 0 Å². The first-order valence-electron chi connectivity index (χ1n) is 6.73. The number of rotatable bonds is 2. The van der Waals surface area contributed by atoms with Crippen molar-refractivity contribution in [2.75, 3.05) is 0 Å². The van der Waals surface area contributed by atoms with Gasteiger partial charge in [0, 0.05) is 0 Å². The summed E-state index contributed by atoms with van der Waals surface area (Å²) in [5.41, 5.74) is 7.09. The van der Waals surface area contributed by atoms with Gasteiger partial charge in [0.2, 0.25) is 0 Å². The molecule has 2 aromatic rings. The van der Waals surface area contributed by atoms with Crippen LogP contribution in [0, 0.1) is 6.92 Å². The lowest BCUT2D eigenvalue weighted by atomic mass is 9.93. The predicted octanol–water partition coefficient (Wildman–Crippen LogP) is 5.63. The standard InChI is InChI=1S/C18H16Cl2/c1-12-10-15-13(2)8-9-17(16(15)11-12)18(19,20)14-6-4-3-5-7-14/h3-10H,11H2,1-2H3. The number of hydrogen-bond donors (Lipinski definition) is 0. The number of allylic oxidation sites excluding steroid dienone is 1. The van der Waals surface area contributed by atoms with Crippen LogP contribution in [0.25, 0.3) is 6.08 Å². The van der Waals surface area contributed by atoms with Crippen molar-refractivity contribution in [1.29, 1.82) is 0 Å². The van der Waals surface area contributed by atoms with Crippen LogP contribution in [0.3, 0.4) is 0 Å². The summed E-state index contributed by atoms with van der Waals surface area (Å²) in [7, 11) is 0. The van der Waals surface area contributed by atoms with E-state index in [4.69, 9.17) is 23.2 Å². The molecular formula is C18H16Cl2. The Bertz CT molecular complexity index is 682. The van der Waals surface area contributed by atoms with Crippen molar-refractivity contribution in [2.24, 2.45) is 0 Å². The Hall–Kier alpha value is -1.24. The van der Waals surface area contributed by atoms with E-state index in [-0.39, 0.29) is 0 Å². The maximum absolute atomic E-state index is 6.71. The average molecular weight is 303 g/mol. The van der Waals surface area contributed by atoms with Crippen LogP contribution in [0.5, 0.6) is 0 Å². The number of alkyl halides is 2. The Kier molecular flexibility index (Phi) is 3.40. The quantitative estimate of drug-likeness (QED) is 0.630. The zero-order valence-corrected chi connectivity index (χ0v) is 13.1. The highest BCUT2D eigenvalue weighted by atomic mass is 35.5. The summed E-state index contributed by atoms with van der Waals surface area (Å²) in [4.78, 5) is 0. The molecule has 3 rings (SSSR count). The molecule has 102 valence electrons. The summed E-state index contributed by atoms with van der Waals surface area (Å²) >= 11 is 13.4. The Morgan fingerprint density at radius 1 is 0.950 bits per heavy atom. The van der Waals surface area contributed by atoms with Crippen molar-refractivity contribution in [3.63, 3.8) is 0 Å². The minimum absolute atomic E-state index is 0.916. The maximum Gasteiger partial charge on any atom is 0.168 e. The second kappa shape index (κ2) is 4.95. The van der Waals surface area contributed by atoms with Crippen molar-refractivity contribution in [3.8, 4) is 0 Å².